The standard InChI is InChI=1S/C12H17N3O2/c1-2-9(13)12(17)15-10-6-4-3-5-8(10)7-11(14)16/h3-6,9H,2,7,13H2,1H3,(H2,14,16)(H,15,17)/t9-/m1/s1. The first kappa shape index (κ1) is 13.2. The van der Waals surface area contributed by atoms with Gasteiger partial charge in [0.05, 0.1) is 12.5 Å². The summed E-state index contributed by atoms with van der Waals surface area (Å²) in [6.45, 7) is 1.83. The zero-order valence-electron chi connectivity index (χ0n) is 9.77. The third kappa shape index (κ3) is 3.88. The van der Waals surface area contributed by atoms with Crippen LogP contribution in [0.2, 0.25) is 0 Å². The van der Waals surface area contributed by atoms with Crippen LogP contribution >= 0.6 is 0 Å². The van der Waals surface area contributed by atoms with Crippen LogP contribution in [0.5, 0.6) is 0 Å². The molecule has 5 nitrogen and oxygen atoms in total. The highest BCUT2D eigenvalue weighted by atomic mass is 16.2. The third-order valence-corrected chi connectivity index (χ3v) is 2.42. The van der Waals surface area contributed by atoms with Gasteiger partial charge in [-0.15, -0.1) is 0 Å². The highest BCUT2D eigenvalue weighted by Gasteiger charge is 2.13. The molecule has 92 valence electrons. The zero-order valence-corrected chi connectivity index (χ0v) is 9.77. The minimum Gasteiger partial charge on any atom is -0.369 e. The van der Waals surface area contributed by atoms with Crippen molar-refractivity contribution in [2.75, 3.05) is 5.32 Å². The SMILES string of the molecule is CC[C@@H](N)C(=O)Nc1ccccc1CC(N)=O. The topological polar surface area (TPSA) is 98.2 Å². The molecule has 5 heteroatoms. The van der Waals surface area contributed by atoms with Crippen molar-refractivity contribution in [2.45, 2.75) is 25.8 Å². The molecule has 5 N–H and O–H groups in total. The molecule has 0 unspecified atom stereocenters. The van der Waals surface area contributed by atoms with E-state index in [1.165, 1.54) is 0 Å². The molecule has 1 rings (SSSR count). The van der Waals surface area contributed by atoms with E-state index in [0.29, 0.717) is 17.7 Å². The summed E-state index contributed by atoms with van der Waals surface area (Å²) in [6, 6.07) is 6.48. The highest BCUT2D eigenvalue weighted by Crippen LogP contribution is 2.15. The quantitative estimate of drug-likeness (QED) is 0.688. The number of nitrogens with two attached hydrogens (primary N) is 2. The van der Waals surface area contributed by atoms with Gasteiger partial charge in [0.2, 0.25) is 11.8 Å². The summed E-state index contributed by atoms with van der Waals surface area (Å²) < 4.78 is 0. The van der Waals surface area contributed by atoms with E-state index in [1.807, 2.05) is 6.92 Å². The molecule has 1 atom stereocenters. The average molecular weight is 235 g/mol. The van der Waals surface area contributed by atoms with E-state index in [1.54, 1.807) is 24.3 Å². The van der Waals surface area contributed by atoms with E-state index in [9.17, 15) is 9.59 Å². The van der Waals surface area contributed by atoms with Crippen LogP contribution in [0, 0.1) is 0 Å². The summed E-state index contributed by atoms with van der Waals surface area (Å²) in [5.74, 6) is -0.698. The Bertz CT molecular complexity index is 418. The molecule has 2 amide bonds. The molecule has 17 heavy (non-hydrogen) atoms. The van der Waals surface area contributed by atoms with E-state index in [2.05, 4.69) is 5.32 Å². The fourth-order valence-electron chi connectivity index (χ4n) is 1.39. The number of primary amides is 1. The van der Waals surface area contributed by atoms with Crippen LogP contribution < -0.4 is 16.8 Å². The summed E-state index contributed by atoms with van der Waals surface area (Å²) in [6.07, 6.45) is 0.654. The van der Waals surface area contributed by atoms with Gasteiger partial charge in [-0.05, 0) is 18.1 Å². The molecular formula is C12H17N3O2. The van der Waals surface area contributed by atoms with E-state index in [4.69, 9.17) is 11.5 Å². The number of benzene rings is 1. The molecule has 0 saturated heterocycles. The normalized spacial score (nSPS) is 11.9. The van der Waals surface area contributed by atoms with Gasteiger partial charge in [-0.3, -0.25) is 9.59 Å². The molecular weight excluding hydrogens is 218 g/mol. The highest BCUT2D eigenvalue weighted by molar-refractivity contribution is 5.95. The number of anilines is 1. The molecule has 0 saturated carbocycles. The van der Waals surface area contributed by atoms with Crippen molar-refractivity contribution in [3.05, 3.63) is 29.8 Å². The van der Waals surface area contributed by atoms with Crippen molar-refractivity contribution in [3.63, 3.8) is 0 Å². The van der Waals surface area contributed by atoms with Gasteiger partial charge in [0.1, 0.15) is 0 Å². The van der Waals surface area contributed by atoms with Crippen LogP contribution in [0.3, 0.4) is 0 Å². The number of para-hydroxylation sites is 1. The van der Waals surface area contributed by atoms with Crippen molar-refractivity contribution in [2.24, 2.45) is 11.5 Å². The van der Waals surface area contributed by atoms with Gasteiger partial charge in [-0.25, -0.2) is 0 Å². The Hall–Kier alpha value is -1.88. The molecule has 0 radical (unpaired) electrons. The van der Waals surface area contributed by atoms with E-state index in [0.717, 1.165) is 0 Å². The lowest BCUT2D eigenvalue weighted by molar-refractivity contribution is -0.118. The lowest BCUT2D eigenvalue weighted by Crippen LogP contribution is -2.35. The van der Waals surface area contributed by atoms with Crippen LogP contribution in [-0.2, 0) is 16.0 Å². The van der Waals surface area contributed by atoms with Gasteiger partial charge < -0.3 is 16.8 Å². The molecule has 0 aliphatic heterocycles. The second-order valence-corrected chi connectivity index (χ2v) is 3.80. The number of carbonyl (C=O) groups is 2. The van der Waals surface area contributed by atoms with E-state index >= 15 is 0 Å². The Labute approximate surface area is 100 Å². The minimum atomic E-state index is -0.545. The maximum atomic E-state index is 11.6. The Morgan fingerprint density at radius 3 is 2.59 bits per heavy atom. The van der Waals surface area contributed by atoms with Crippen molar-refractivity contribution >= 4 is 17.5 Å². The second kappa shape index (κ2) is 6.00. The fourth-order valence-corrected chi connectivity index (χ4v) is 1.39. The average Bonchev–Trinajstić information content (AvgIpc) is 2.29. The largest absolute Gasteiger partial charge is 0.369 e. The predicted octanol–water partition coefficient (Wildman–Crippen LogP) is 0.390. The summed E-state index contributed by atoms with van der Waals surface area (Å²) in [5, 5.41) is 2.69. The van der Waals surface area contributed by atoms with Crippen LogP contribution in [0.15, 0.2) is 24.3 Å². The Morgan fingerprint density at radius 1 is 1.35 bits per heavy atom. The van der Waals surface area contributed by atoms with E-state index in [-0.39, 0.29) is 12.3 Å². The van der Waals surface area contributed by atoms with Crippen LogP contribution in [0.4, 0.5) is 5.69 Å². The lowest BCUT2D eigenvalue weighted by atomic mass is 10.1. The zero-order chi connectivity index (χ0) is 12.8. The van der Waals surface area contributed by atoms with Gasteiger partial charge in [0.15, 0.2) is 0 Å². The summed E-state index contributed by atoms with van der Waals surface area (Å²) in [7, 11) is 0. The third-order valence-electron chi connectivity index (χ3n) is 2.42. The second-order valence-electron chi connectivity index (χ2n) is 3.80. The molecule has 0 spiro atoms. The number of carbonyl (C=O) groups excluding carboxylic acids is 2. The fraction of sp³-hybridized carbons (Fsp3) is 0.333. The van der Waals surface area contributed by atoms with Gasteiger partial charge in [-0.1, -0.05) is 25.1 Å². The van der Waals surface area contributed by atoms with Gasteiger partial charge in [0.25, 0.3) is 0 Å². The maximum absolute atomic E-state index is 11.6. The lowest BCUT2D eigenvalue weighted by Gasteiger charge is -2.13. The smallest absolute Gasteiger partial charge is 0.241 e. The number of nitrogens with one attached hydrogen (secondary N) is 1. The van der Waals surface area contributed by atoms with Crippen LogP contribution in [-0.4, -0.2) is 17.9 Å². The number of hydrogen-bond donors (Lipinski definition) is 3. The Kier molecular flexibility index (Phi) is 4.66. The van der Waals surface area contributed by atoms with Gasteiger partial charge in [-0.2, -0.15) is 0 Å². The maximum Gasteiger partial charge on any atom is 0.241 e. The van der Waals surface area contributed by atoms with Crippen molar-refractivity contribution in [3.8, 4) is 0 Å². The van der Waals surface area contributed by atoms with Crippen LogP contribution in [0.25, 0.3) is 0 Å². The summed E-state index contributed by atoms with van der Waals surface area (Å²) >= 11 is 0. The molecule has 0 aromatic heterocycles. The van der Waals surface area contributed by atoms with Crippen molar-refractivity contribution in [1.29, 1.82) is 0 Å². The molecule has 1 aromatic carbocycles. The molecule has 0 aliphatic carbocycles. The molecule has 0 bridgehead atoms. The van der Waals surface area contributed by atoms with E-state index < -0.39 is 11.9 Å². The van der Waals surface area contributed by atoms with Crippen LogP contribution in [0.1, 0.15) is 18.9 Å². The molecule has 1 aromatic rings. The molecule has 0 aliphatic rings. The Balaban J connectivity index is 2.83. The molecule has 0 fully saturated rings. The summed E-state index contributed by atoms with van der Waals surface area (Å²) in [5.41, 5.74) is 12.0. The van der Waals surface area contributed by atoms with Gasteiger partial charge >= 0.3 is 0 Å². The number of amides is 2. The van der Waals surface area contributed by atoms with Gasteiger partial charge in [0, 0.05) is 5.69 Å². The first-order valence-corrected chi connectivity index (χ1v) is 5.47. The molecule has 0 heterocycles. The first-order valence-electron chi connectivity index (χ1n) is 5.47. The first-order chi connectivity index (χ1) is 8.04. The Morgan fingerprint density at radius 2 is 2.00 bits per heavy atom. The number of rotatable bonds is 5. The predicted molar refractivity (Wildman–Crippen MR) is 66.2 cm³/mol. The summed E-state index contributed by atoms with van der Waals surface area (Å²) in [4.78, 5) is 22.5. The van der Waals surface area contributed by atoms with Crippen molar-refractivity contribution in [1.82, 2.24) is 0 Å². The minimum absolute atomic E-state index is 0.0951. The monoisotopic (exact) mass is 235 g/mol. The number of hydrogen-bond acceptors (Lipinski definition) is 3. The van der Waals surface area contributed by atoms with Crippen molar-refractivity contribution < 1.29 is 9.59 Å².